The van der Waals surface area contributed by atoms with Crippen molar-refractivity contribution in [1.29, 1.82) is 0 Å². The molecule has 0 spiro atoms. The first kappa shape index (κ1) is 12.4. The van der Waals surface area contributed by atoms with Gasteiger partial charge in [-0.2, -0.15) is 0 Å². The van der Waals surface area contributed by atoms with Gasteiger partial charge in [0.05, 0.1) is 4.92 Å². The van der Waals surface area contributed by atoms with E-state index >= 15 is 0 Å². The number of para-hydroxylation sites is 1. The highest BCUT2D eigenvalue weighted by atomic mass is 16.6. The minimum atomic E-state index is -0.442. The van der Waals surface area contributed by atoms with E-state index in [9.17, 15) is 14.9 Å². The van der Waals surface area contributed by atoms with E-state index in [0.717, 1.165) is 12.8 Å². The van der Waals surface area contributed by atoms with Crippen molar-refractivity contribution in [1.82, 2.24) is 0 Å². The predicted octanol–water partition coefficient (Wildman–Crippen LogP) is 2.90. The van der Waals surface area contributed by atoms with Crippen LogP contribution in [-0.4, -0.2) is 10.7 Å². The fourth-order valence-electron chi connectivity index (χ4n) is 1.51. The molecular weight excluding hydrogens is 206 g/mol. The van der Waals surface area contributed by atoms with E-state index in [2.05, 4.69) is 0 Å². The third-order valence-electron chi connectivity index (χ3n) is 2.39. The van der Waals surface area contributed by atoms with Crippen LogP contribution in [0.15, 0.2) is 24.3 Å². The molecule has 0 aliphatic rings. The summed E-state index contributed by atoms with van der Waals surface area (Å²) < 4.78 is 0. The molecule has 0 heterocycles. The molecule has 86 valence electrons. The molecular formula is C12H15NO3. The first-order valence-electron chi connectivity index (χ1n) is 5.39. The highest BCUT2D eigenvalue weighted by Crippen LogP contribution is 2.18. The number of benzene rings is 1. The van der Waals surface area contributed by atoms with E-state index in [0.29, 0.717) is 12.0 Å². The molecule has 0 unspecified atom stereocenters. The summed E-state index contributed by atoms with van der Waals surface area (Å²) in [5.74, 6) is 0.0659. The van der Waals surface area contributed by atoms with Crippen molar-refractivity contribution in [2.75, 3.05) is 0 Å². The number of nitro groups is 1. The number of Topliss-reactive ketones (excluding diaryl/α,β-unsaturated/α-hetero) is 1. The summed E-state index contributed by atoms with van der Waals surface area (Å²) in [6.45, 7) is 2.01. The van der Waals surface area contributed by atoms with Gasteiger partial charge in [0.25, 0.3) is 5.69 Å². The zero-order chi connectivity index (χ0) is 12.0. The lowest BCUT2D eigenvalue weighted by molar-refractivity contribution is -0.385. The van der Waals surface area contributed by atoms with Crippen LogP contribution in [0.3, 0.4) is 0 Å². The van der Waals surface area contributed by atoms with Crippen LogP contribution in [0.2, 0.25) is 0 Å². The van der Waals surface area contributed by atoms with Gasteiger partial charge in [-0.15, -0.1) is 0 Å². The lowest BCUT2D eigenvalue weighted by Gasteiger charge is -2.01. The molecule has 4 heteroatoms. The van der Waals surface area contributed by atoms with Gasteiger partial charge in [-0.25, -0.2) is 0 Å². The summed E-state index contributed by atoms with van der Waals surface area (Å²) in [7, 11) is 0. The molecule has 0 N–H and O–H groups in total. The maximum Gasteiger partial charge on any atom is 0.273 e. The van der Waals surface area contributed by atoms with Gasteiger partial charge in [-0.1, -0.05) is 31.5 Å². The van der Waals surface area contributed by atoms with E-state index in [4.69, 9.17) is 0 Å². The maximum atomic E-state index is 11.5. The molecule has 1 rings (SSSR count). The third-order valence-corrected chi connectivity index (χ3v) is 2.39. The van der Waals surface area contributed by atoms with E-state index in [1.165, 1.54) is 6.07 Å². The monoisotopic (exact) mass is 221 g/mol. The normalized spacial score (nSPS) is 10.1. The van der Waals surface area contributed by atoms with Crippen molar-refractivity contribution in [2.24, 2.45) is 0 Å². The molecule has 0 aliphatic heterocycles. The summed E-state index contributed by atoms with van der Waals surface area (Å²) in [5, 5.41) is 10.7. The average molecular weight is 221 g/mol. The van der Waals surface area contributed by atoms with E-state index < -0.39 is 4.92 Å². The van der Waals surface area contributed by atoms with Crippen LogP contribution in [0.1, 0.15) is 31.7 Å². The van der Waals surface area contributed by atoms with Gasteiger partial charge in [-0.05, 0) is 6.42 Å². The molecule has 0 saturated heterocycles. The Labute approximate surface area is 94.4 Å². The number of ketones is 1. The molecule has 0 atom stereocenters. The van der Waals surface area contributed by atoms with Gasteiger partial charge in [0.15, 0.2) is 0 Å². The van der Waals surface area contributed by atoms with Gasteiger partial charge in [0, 0.05) is 24.5 Å². The van der Waals surface area contributed by atoms with Crippen LogP contribution in [0.25, 0.3) is 0 Å². The van der Waals surface area contributed by atoms with Crippen LogP contribution in [-0.2, 0) is 11.2 Å². The predicted molar refractivity (Wildman–Crippen MR) is 61.3 cm³/mol. The second kappa shape index (κ2) is 6.00. The average Bonchev–Trinajstić information content (AvgIpc) is 2.27. The molecule has 0 radical (unpaired) electrons. The summed E-state index contributed by atoms with van der Waals surface area (Å²) in [6.07, 6.45) is 2.47. The highest BCUT2D eigenvalue weighted by molar-refractivity contribution is 5.81. The Hall–Kier alpha value is -1.71. The first-order chi connectivity index (χ1) is 7.65. The Morgan fingerprint density at radius 1 is 1.38 bits per heavy atom. The molecule has 4 nitrogen and oxygen atoms in total. The molecule has 0 amide bonds. The lowest BCUT2D eigenvalue weighted by Crippen LogP contribution is -2.04. The molecule has 0 bridgehead atoms. The quantitative estimate of drug-likeness (QED) is 0.548. The number of carbonyl (C=O) groups is 1. The fraction of sp³-hybridized carbons (Fsp3) is 0.417. The molecule has 16 heavy (non-hydrogen) atoms. The SMILES string of the molecule is CCCCC(=O)Cc1ccccc1[N+](=O)[O-]. The van der Waals surface area contributed by atoms with Crippen LogP contribution < -0.4 is 0 Å². The smallest absolute Gasteiger partial charge is 0.273 e. The Morgan fingerprint density at radius 3 is 2.69 bits per heavy atom. The summed E-state index contributed by atoms with van der Waals surface area (Å²) >= 11 is 0. The van der Waals surface area contributed by atoms with Crippen molar-refractivity contribution in [2.45, 2.75) is 32.6 Å². The van der Waals surface area contributed by atoms with Crippen molar-refractivity contribution >= 4 is 11.5 Å². The minimum Gasteiger partial charge on any atom is -0.299 e. The second-order valence-corrected chi connectivity index (χ2v) is 3.70. The van der Waals surface area contributed by atoms with Crippen LogP contribution in [0.4, 0.5) is 5.69 Å². The fourth-order valence-corrected chi connectivity index (χ4v) is 1.51. The number of hydrogen-bond acceptors (Lipinski definition) is 3. The molecule has 1 aromatic rings. The van der Waals surface area contributed by atoms with Crippen LogP contribution in [0, 0.1) is 10.1 Å². The van der Waals surface area contributed by atoms with Crippen molar-refractivity contribution in [3.63, 3.8) is 0 Å². The van der Waals surface area contributed by atoms with Crippen molar-refractivity contribution in [3.05, 3.63) is 39.9 Å². The third kappa shape index (κ3) is 3.46. The number of nitro benzene ring substituents is 1. The maximum absolute atomic E-state index is 11.5. The van der Waals surface area contributed by atoms with Gasteiger partial charge in [0.1, 0.15) is 5.78 Å². The van der Waals surface area contributed by atoms with Crippen LogP contribution in [0.5, 0.6) is 0 Å². The molecule has 1 aromatic carbocycles. The number of unbranched alkanes of at least 4 members (excludes halogenated alkanes) is 1. The number of nitrogens with zero attached hydrogens (tertiary/aromatic N) is 1. The lowest BCUT2D eigenvalue weighted by atomic mass is 10.0. The summed E-state index contributed by atoms with van der Waals surface area (Å²) in [5.41, 5.74) is 0.543. The first-order valence-corrected chi connectivity index (χ1v) is 5.39. The molecule has 0 aliphatic carbocycles. The Morgan fingerprint density at radius 2 is 2.06 bits per heavy atom. The summed E-state index contributed by atoms with van der Waals surface area (Å²) in [4.78, 5) is 21.8. The van der Waals surface area contributed by atoms with Crippen molar-refractivity contribution < 1.29 is 9.72 Å². The standard InChI is InChI=1S/C12H15NO3/c1-2-3-7-11(14)9-10-6-4-5-8-12(10)13(15)16/h4-6,8H,2-3,7,9H2,1H3. The Kier molecular flexibility index (Phi) is 4.64. The summed E-state index contributed by atoms with van der Waals surface area (Å²) in [6, 6.07) is 6.40. The van der Waals surface area contributed by atoms with Gasteiger partial charge in [0.2, 0.25) is 0 Å². The largest absolute Gasteiger partial charge is 0.299 e. The van der Waals surface area contributed by atoms with E-state index in [1.54, 1.807) is 18.2 Å². The van der Waals surface area contributed by atoms with Crippen molar-refractivity contribution in [3.8, 4) is 0 Å². The highest BCUT2D eigenvalue weighted by Gasteiger charge is 2.14. The van der Waals surface area contributed by atoms with E-state index in [1.807, 2.05) is 6.92 Å². The van der Waals surface area contributed by atoms with Gasteiger partial charge in [-0.3, -0.25) is 14.9 Å². The number of hydrogen-bond donors (Lipinski definition) is 0. The molecule has 0 saturated carbocycles. The Bertz CT molecular complexity index is 388. The zero-order valence-corrected chi connectivity index (χ0v) is 9.31. The van der Waals surface area contributed by atoms with Crippen LogP contribution >= 0.6 is 0 Å². The number of carbonyl (C=O) groups excluding carboxylic acids is 1. The molecule has 0 aromatic heterocycles. The Balaban J connectivity index is 2.73. The zero-order valence-electron chi connectivity index (χ0n) is 9.31. The van der Waals surface area contributed by atoms with Gasteiger partial charge >= 0.3 is 0 Å². The molecule has 0 fully saturated rings. The van der Waals surface area contributed by atoms with Gasteiger partial charge < -0.3 is 0 Å². The van der Waals surface area contributed by atoms with E-state index in [-0.39, 0.29) is 17.9 Å². The topological polar surface area (TPSA) is 60.2 Å². The second-order valence-electron chi connectivity index (χ2n) is 3.70. The minimum absolute atomic E-state index is 0.0346. The number of rotatable bonds is 6.